The average Bonchev–Trinajstić information content (AvgIpc) is 1.98. The lowest BCUT2D eigenvalue weighted by atomic mass is 10.1. The summed E-state index contributed by atoms with van der Waals surface area (Å²) in [6.45, 7) is 11.3. The number of nitrogens with zero attached hydrogens (tertiary/aromatic N) is 1. The number of carbonyl (C=O) groups excluding carboxylic acids is 1. The molecule has 0 aromatic heterocycles. The van der Waals surface area contributed by atoms with Crippen LogP contribution in [0.3, 0.4) is 0 Å². The van der Waals surface area contributed by atoms with Gasteiger partial charge in [0.05, 0.1) is 0 Å². The van der Waals surface area contributed by atoms with Crippen molar-refractivity contribution in [3.63, 3.8) is 0 Å². The zero-order valence-corrected chi connectivity index (χ0v) is 11.6. The lowest BCUT2D eigenvalue weighted by molar-refractivity contribution is 0.0167. The normalized spacial score (nSPS) is 25.9. The van der Waals surface area contributed by atoms with Crippen molar-refractivity contribution in [2.24, 2.45) is 0 Å². The monoisotopic (exact) mass is 250 g/mol. The van der Waals surface area contributed by atoms with Crippen molar-refractivity contribution in [3.05, 3.63) is 0 Å². The molecule has 1 N–H and O–H groups in total. The zero-order chi connectivity index (χ0) is 11.6. The van der Waals surface area contributed by atoms with Crippen LogP contribution in [0.4, 0.5) is 4.79 Å². The Bertz CT molecular complexity index is 231. The fraction of sp³-hybridized carbons (Fsp3) is 0.909. The van der Waals surface area contributed by atoms with Gasteiger partial charge in [-0.3, -0.25) is 0 Å². The molecule has 1 fully saturated rings. The standard InChI is InChI=1S/C11H22N2O2.ClH/c1-8-6-13(7-9(2)12-8)10(14)15-11(3,4)5;/h8-9,12H,6-7H2,1-5H3;1H. The van der Waals surface area contributed by atoms with Gasteiger partial charge in [-0.25, -0.2) is 4.79 Å². The predicted octanol–water partition coefficient (Wildman–Crippen LogP) is 2.03. The second-order valence-electron chi connectivity index (χ2n) is 5.35. The van der Waals surface area contributed by atoms with Crippen molar-refractivity contribution in [1.82, 2.24) is 10.2 Å². The van der Waals surface area contributed by atoms with Crippen molar-refractivity contribution < 1.29 is 9.53 Å². The van der Waals surface area contributed by atoms with Gasteiger partial charge in [0, 0.05) is 25.2 Å². The second kappa shape index (κ2) is 5.73. The first kappa shape index (κ1) is 15.5. The van der Waals surface area contributed by atoms with Crippen molar-refractivity contribution in [2.45, 2.75) is 52.3 Å². The van der Waals surface area contributed by atoms with E-state index in [4.69, 9.17) is 4.74 Å². The van der Waals surface area contributed by atoms with E-state index in [-0.39, 0.29) is 18.5 Å². The Labute approximate surface area is 104 Å². The molecule has 0 radical (unpaired) electrons. The van der Waals surface area contributed by atoms with E-state index in [1.807, 2.05) is 20.8 Å². The van der Waals surface area contributed by atoms with Gasteiger partial charge < -0.3 is 15.0 Å². The van der Waals surface area contributed by atoms with Crippen LogP contribution in [0.25, 0.3) is 0 Å². The number of halogens is 1. The number of ether oxygens (including phenoxy) is 1. The third-order valence-corrected chi connectivity index (χ3v) is 2.21. The molecule has 4 nitrogen and oxygen atoms in total. The molecule has 1 saturated heterocycles. The molecule has 1 amide bonds. The third-order valence-electron chi connectivity index (χ3n) is 2.21. The number of rotatable bonds is 0. The first-order chi connectivity index (χ1) is 6.78. The Balaban J connectivity index is 0.00000225. The fourth-order valence-electron chi connectivity index (χ4n) is 1.80. The molecule has 1 heterocycles. The van der Waals surface area contributed by atoms with Crippen molar-refractivity contribution in [1.29, 1.82) is 0 Å². The highest BCUT2D eigenvalue weighted by atomic mass is 35.5. The van der Waals surface area contributed by atoms with E-state index in [2.05, 4.69) is 19.2 Å². The van der Waals surface area contributed by atoms with E-state index in [9.17, 15) is 4.79 Å². The Morgan fingerprint density at radius 2 is 1.69 bits per heavy atom. The van der Waals surface area contributed by atoms with E-state index >= 15 is 0 Å². The van der Waals surface area contributed by atoms with Gasteiger partial charge in [-0.05, 0) is 34.6 Å². The molecule has 0 bridgehead atoms. The minimum atomic E-state index is -0.408. The summed E-state index contributed by atoms with van der Waals surface area (Å²) in [5, 5.41) is 3.38. The highest BCUT2D eigenvalue weighted by molar-refractivity contribution is 5.85. The van der Waals surface area contributed by atoms with Crippen LogP contribution in [-0.4, -0.2) is 41.8 Å². The van der Waals surface area contributed by atoms with Crippen molar-refractivity contribution >= 4 is 18.5 Å². The molecular weight excluding hydrogens is 228 g/mol. The minimum absolute atomic E-state index is 0. The van der Waals surface area contributed by atoms with E-state index in [1.165, 1.54) is 0 Å². The number of nitrogens with one attached hydrogen (secondary N) is 1. The zero-order valence-electron chi connectivity index (χ0n) is 10.7. The maximum absolute atomic E-state index is 11.8. The average molecular weight is 251 g/mol. The summed E-state index contributed by atoms with van der Waals surface area (Å²) in [5.41, 5.74) is -0.408. The summed E-state index contributed by atoms with van der Waals surface area (Å²) < 4.78 is 5.33. The molecule has 0 spiro atoms. The number of hydrogen-bond acceptors (Lipinski definition) is 3. The summed E-state index contributed by atoms with van der Waals surface area (Å²) >= 11 is 0. The Hall–Kier alpha value is -0.480. The van der Waals surface area contributed by atoms with E-state index in [1.54, 1.807) is 4.90 Å². The first-order valence-corrected chi connectivity index (χ1v) is 5.52. The van der Waals surface area contributed by atoms with Gasteiger partial charge >= 0.3 is 6.09 Å². The van der Waals surface area contributed by atoms with Crippen LogP contribution in [0.5, 0.6) is 0 Å². The largest absolute Gasteiger partial charge is 0.444 e. The number of piperazine rings is 1. The Morgan fingerprint density at radius 3 is 2.06 bits per heavy atom. The highest BCUT2D eigenvalue weighted by Crippen LogP contribution is 2.12. The molecule has 1 aliphatic rings. The van der Waals surface area contributed by atoms with Gasteiger partial charge in [0.15, 0.2) is 0 Å². The molecule has 2 atom stereocenters. The Morgan fingerprint density at radius 1 is 1.25 bits per heavy atom. The van der Waals surface area contributed by atoms with Crippen LogP contribution in [0.1, 0.15) is 34.6 Å². The molecule has 0 aliphatic carbocycles. The molecule has 1 rings (SSSR count). The third kappa shape index (κ3) is 5.03. The molecule has 96 valence electrons. The maximum atomic E-state index is 11.8. The summed E-state index contributed by atoms with van der Waals surface area (Å²) in [6.07, 6.45) is -0.206. The highest BCUT2D eigenvalue weighted by Gasteiger charge is 2.28. The summed E-state index contributed by atoms with van der Waals surface area (Å²) in [6, 6.07) is 0.669. The van der Waals surface area contributed by atoms with Crippen molar-refractivity contribution in [3.8, 4) is 0 Å². The van der Waals surface area contributed by atoms with E-state index in [0.717, 1.165) is 13.1 Å². The van der Waals surface area contributed by atoms with Gasteiger partial charge in [0.25, 0.3) is 0 Å². The molecule has 2 unspecified atom stereocenters. The number of carbonyl (C=O) groups is 1. The second-order valence-corrected chi connectivity index (χ2v) is 5.35. The van der Waals surface area contributed by atoms with E-state index in [0.29, 0.717) is 12.1 Å². The Kier molecular flexibility index (Phi) is 5.56. The number of hydrogen-bond donors (Lipinski definition) is 1. The predicted molar refractivity (Wildman–Crippen MR) is 67.1 cm³/mol. The summed E-state index contributed by atoms with van der Waals surface area (Å²) in [7, 11) is 0. The van der Waals surface area contributed by atoms with Crippen LogP contribution < -0.4 is 5.32 Å². The molecule has 1 aliphatic heterocycles. The fourth-order valence-corrected chi connectivity index (χ4v) is 1.80. The number of amides is 1. The lowest BCUT2D eigenvalue weighted by Crippen LogP contribution is -2.56. The summed E-state index contributed by atoms with van der Waals surface area (Å²) in [5.74, 6) is 0. The quantitative estimate of drug-likeness (QED) is 0.715. The van der Waals surface area contributed by atoms with Crippen LogP contribution in [0, 0.1) is 0 Å². The molecular formula is C11H23ClN2O2. The minimum Gasteiger partial charge on any atom is -0.444 e. The molecule has 0 aromatic rings. The maximum Gasteiger partial charge on any atom is 0.410 e. The van der Waals surface area contributed by atoms with Gasteiger partial charge in [0.2, 0.25) is 0 Å². The first-order valence-electron chi connectivity index (χ1n) is 5.52. The molecule has 16 heavy (non-hydrogen) atoms. The SMILES string of the molecule is CC1CN(C(=O)OC(C)(C)C)CC(C)N1.Cl. The summed E-state index contributed by atoms with van der Waals surface area (Å²) in [4.78, 5) is 13.6. The van der Waals surface area contributed by atoms with Crippen molar-refractivity contribution in [2.75, 3.05) is 13.1 Å². The van der Waals surface area contributed by atoms with Gasteiger partial charge in [-0.2, -0.15) is 0 Å². The molecule has 0 aromatic carbocycles. The van der Waals surface area contributed by atoms with Gasteiger partial charge in [0.1, 0.15) is 5.60 Å². The van der Waals surface area contributed by atoms with Gasteiger partial charge in [-0.1, -0.05) is 0 Å². The molecule has 5 heteroatoms. The molecule has 0 saturated carbocycles. The smallest absolute Gasteiger partial charge is 0.410 e. The van der Waals surface area contributed by atoms with E-state index < -0.39 is 5.60 Å². The van der Waals surface area contributed by atoms with Crippen LogP contribution in [-0.2, 0) is 4.74 Å². The van der Waals surface area contributed by atoms with Crippen LogP contribution in [0.2, 0.25) is 0 Å². The topological polar surface area (TPSA) is 41.6 Å². The van der Waals surface area contributed by atoms with Gasteiger partial charge in [-0.15, -0.1) is 12.4 Å². The van der Waals surface area contributed by atoms with Crippen LogP contribution >= 0.6 is 12.4 Å². The lowest BCUT2D eigenvalue weighted by Gasteiger charge is -2.36. The van der Waals surface area contributed by atoms with Crippen LogP contribution in [0.15, 0.2) is 0 Å².